The Morgan fingerprint density at radius 2 is 1.81 bits per heavy atom. The van der Waals surface area contributed by atoms with Gasteiger partial charge < -0.3 is 5.32 Å². The first-order valence-corrected chi connectivity index (χ1v) is 11.8. The van der Waals surface area contributed by atoms with Crippen LogP contribution in [-0.4, -0.2) is 41.5 Å². The van der Waals surface area contributed by atoms with Gasteiger partial charge in [-0.25, -0.2) is 13.1 Å². The second-order valence-corrected chi connectivity index (χ2v) is 9.85. The zero-order valence-corrected chi connectivity index (χ0v) is 18.5. The number of aromatic nitrogens is 2. The summed E-state index contributed by atoms with van der Waals surface area (Å²) in [7, 11) is -3.55. The number of piperidine rings is 1. The molecule has 1 fully saturated rings. The number of aryl methyl sites for hydroxylation is 2. The Morgan fingerprint density at radius 1 is 1.03 bits per heavy atom. The predicted molar refractivity (Wildman–Crippen MR) is 120 cm³/mol. The van der Waals surface area contributed by atoms with Crippen LogP contribution in [-0.2, 0) is 14.8 Å². The first-order chi connectivity index (χ1) is 14.8. The number of carbonyl (C=O) groups excluding carboxylic acids is 1. The fraction of sp³-hybridized carbons (Fsp3) is 0.304. The lowest BCUT2D eigenvalue weighted by Crippen LogP contribution is -2.41. The van der Waals surface area contributed by atoms with Crippen LogP contribution in [0.15, 0.2) is 65.8 Å². The van der Waals surface area contributed by atoms with Crippen LogP contribution < -0.4 is 5.32 Å². The quantitative estimate of drug-likeness (QED) is 0.661. The van der Waals surface area contributed by atoms with Crippen LogP contribution in [0.2, 0.25) is 0 Å². The van der Waals surface area contributed by atoms with Crippen molar-refractivity contribution in [3.8, 4) is 5.69 Å². The molecule has 0 spiro atoms. The van der Waals surface area contributed by atoms with E-state index < -0.39 is 10.0 Å². The molecule has 1 amide bonds. The van der Waals surface area contributed by atoms with Gasteiger partial charge in [-0.15, -0.1) is 0 Å². The zero-order chi connectivity index (χ0) is 22.0. The number of rotatable bonds is 5. The van der Waals surface area contributed by atoms with Gasteiger partial charge in [0, 0.05) is 37.1 Å². The lowest BCUT2D eigenvalue weighted by molar-refractivity contribution is -0.120. The SMILES string of the molecule is Cc1ccc(S(=O)(=O)N2CCC(C(=O)Nc3cccc(-n4cccn4)c3)CC2)cc1C. The molecule has 2 aromatic carbocycles. The van der Waals surface area contributed by atoms with E-state index in [2.05, 4.69) is 10.4 Å². The van der Waals surface area contributed by atoms with E-state index in [1.807, 2.05) is 56.4 Å². The van der Waals surface area contributed by atoms with Crippen molar-refractivity contribution in [3.63, 3.8) is 0 Å². The first-order valence-electron chi connectivity index (χ1n) is 10.3. The minimum absolute atomic E-state index is 0.0826. The fourth-order valence-electron chi connectivity index (χ4n) is 3.77. The van der Waals surface area contributed by atoms with Gasteiger partial charge in [0.05, 0.1) is 10.6 Å². The summed E-state index contributed by atoms with van der Waals surface area (Å²) in [6, 6.07) is 14.5. The average Bonchev–Trinajstić information content (AvgIpc) is 3.31. The molecule has 7 nitrogen and oxygen atoms in total. The second kappa shape index (κ2) is 8.64. The molecule has 1 aromatic heterocycles. The third-order valence-corrected chi connectivity index (χ3v) is 7.72. The van der Waals surface area contributed by atoms with E-state index >= 15 is 0 Å². The molecule has 1 N–H and O–H groups in total. The van der Waals surface area contributed by atoms with Gasteiger partial charge in [-0.05, 0) is 74.2 Å². The largest absolute Gasteiger partial charge is 0.326 e. The van der Waals surface area contributed by atoms with Crippen molar-refractivity contribution in [2.75, 3.05) is 18.4 Å². The van der Waals surface area contributed by atoms with Crippen LogP contribution in [0.4, 0.5) is 5.69 Å². The van der Waals surface area contributed by atoms with Crippen molar-refractivity contribution in [2.45, 2.75) is 31.6 Å². The molecule has 8 heteroatoms. The maximum atomic E-state index is 13.0. The van der Waals surface area contributed by atoms with E-state index in [1.165, 1.54) is 4.31 Å². The van der Waals surface area contributed by atoms with Crippen molar-refractivity contribution >= 4 is 21.6 Å². The van der Waals surface area contributed by atoms with E-state index in [4.69, 9.17) is 0 Å². The summed E-state index contributed by atoms with van der Waals surface area (Å²) in [6.07, 6.45) is 4.53. The van der Waals surface area contributed by atoms with Crippen LogP contribution in [0.25, 0.3) is 5.69 Å². The highest BCUT2D eigenvalue weighted by Crippen LogP contribution is 2.26. The van der Waals surface area contributed by atoms with Crippen LogP contribution in [0.3, 0.4) is 0 Å². The van der Waals surface area contributed by atoms with E-state index in [1.54, 1.807) is 23.0 Å². The van der Waals surface area contributed by atoms with E-state index in [-0.39, 0.29) is 11.8 Å². The monoisotopic (exact) mass is 438 g/mol. The summed E-state index contributed by atoms with van der Waals surface area (Å²) in [5, 5.41) is 7.17. The zero-order valence-electron chi connectivity index (χ0n) is 17.7. The number of hydrogen-bond donors (Lipinski definition) is 1. The average molecular weight is 439 g/mol. The van der Waals surface area contributed by atoms with Crippen molar-refractivity contribution in [2.24, 2.45) is 5.92 Å². The van der Waals surface area contributed by atoms with E-state index in [0.717, 1.165) is 16.8 Å². The third-order valence-electron chi connectivity index (χ3n) is 5.82. The summed E-state index contributed by atoms with van der Waals surface area (Å²) in [6.45, 7) is 4.54. The Labute approximate surface area is 182 Å². The Bertz CT molecular complexity index is 1180. The molecule has 31 heavy (non-hydrogen) atoms. The van der Waals surface area contributed by atoms with Gasteiger partial charge >= 0.3 is 0 Å². The van der Waals surface area contributed by atoms with E-state index in [0.29, 0.717) is 36.5 Å². The maximum Gasteiger partial charge on any atom is 0.243 e. The van der Waals surface area contributed by atoms with Gasteiger partial charge in [0.15, 0.2) is 0 Å². The van der Waals surface area contributed by atoms with Crippen molar-refractivity contribution in [3.05, 3.63) is 72.1 Å². The second-order valence-electron chi connectivity index (χ2n) is 7.91. The van der Waals surface area contributed by atoms with Gasteiger partial charge in [0.25, 0.3) is 0 Å². The summed E-state index contributed by atoms with van der Waals surface area (Å²) < 4.78 is 29.2. The number of benzene rings is 2. The minimum Gasteiger partial charge on any atom is -0.326 e. The lowest BCUT2D eigenvalue weighted by atomic mass is 9.97. The Kier molecular flexibility index (Phi) is 5.93. The normalized spacial score (nSPS) is 15.7. The van der Waals surface area contributed by atoms with Gasteiger partial charge in [0.2, 0.25) is 15.9 Å². The number of amides is 1. The lowest BCUT2D eigenvalue weighted by Gasteiger charge is -2.30. The number of carbonyl (C=O) groups is 1. The Morgan fingerprint density at radius 3 is 2.48 bits per heavy atom. The smallest absolute Gasteiger partial charge is 0.243 e. The molecule has 0 radical (unpaired) electrons. The molecule has 0 atom stereocenters. The number of nitrogens with one attached hydrogen (secondary N) is 1. The highest BCUT2D eigenvalue weighted by atomic mass is 32.2. The highest BCUT2D eigenvalue weighted by Gasteiger charge is 2.32. The molecule has 0 unspecified atom stereocenters. The fourth-order valence-corrected chi connectivity index (χ4v) is 5.33. The van der Waals surface area contributed by atoms with E-state index in [9.17, 15) is 13.2 Å². The molecular weight excluding hydrogens is 412 g/mol. The molecule has 0 saturated carbocycles. The Balaban J connectivity index is 1.39. The highest BCUT2D eigenvalue weighted by molar-refractivity contribution is 7.89. The number of anilines is 1. The molecule has 4 rings (SSSR count). The predicted octanol–water partition coefficient (Wildman–Crippen LogP) is 3.53. The maximum absolute atomic E-state index is 13.0. The van der Waals surface area contributed by atoms with Crippen molar-refractivity contribution < 1.29 is 13.2 Å². The Hall–Kier alpha value is -2.97. The number of hydrogen-bond acceptors (Lipinski definition) is 4. The minimum atomic E-state index is -3.55. The molecular formula is C23H26N4O3S. The van der Waals surface area contributed by atoms with Gasteiger partial charge in [0.1, 0.15) is 0 Å². The summed E-state index contributed by atoms with van der Waals surface area (Å²) >= 11 is 0. The van der Waals surface area contributed by atoms with Crippen LogP contribution in [0, 0.1) is 19.8 Å². The number of nitrogens with zero attached hydrogens (tertiary/aromatic N) is 3. The first kappa shape index (κ1) is 21.3. The molecule has 3 aromatic rings. The molecule has 0 aliphatic carbocycles. The summed E-state index contributed by atoms with van der Waals surface area (Å²) in [5.74, 6) is -0.305. The standard InChI is InChI=1S/C23H26N4O3S/c1-17-7-8-22(15-18(17)2)31(29,30)26-13-9-19(10-14-26)23(28)25-20-5-3-6-21(16-20)27-12-4-11-24-27/h3-8,11-12,15-16,19H,9-10,13-14H2,1-2H3,(H,25,28). The van der Waals surface area contributed by atoms with Gasteiger partial charge in [-0.2, -0.15) is 9.40 Å². The van der Waals surface area contributed by atoms with Gasteiger partial charge in [-0.3, -0.25) is 4.79 Å². The topological polar surface area (TPSA) is 84.3 Å². The van der Waals surface area contributed by atoms with Crippen LogP contribution >= 0.6 is 0 Å². The van der Waals surface area contributed by atoms with Gasteiger partial charge in [-0.1, -0.05) is 12.1 Å². The van der Waals surface area contributed by atoms with Crippen LogP contribution in [0.1, 0.15) is 24.0 Å². The molecule has 0 bridgehead atoms. The van der Waals surface area contributed by atoms with Crippen LogP contribution in [0.5, 0.6) is 0 Å². The summed E-state index contributed by atoms with van der Waals surface area (Å²) in [4.78, 5) is 13.1. The third kappa shape index (κ3) is 4.55. The molecule has 1 aliphatic rings. The molecule has 1 aliphatic heterocycles. The number of sulfonamides is 1. The molecule has 162 valence electrons. The summed E-state index contributed by atoms with van der Waals surface area (Å²) in [5.41, 5.74) is 3.57. The molecule has 1 saturated heterocycles. The molecule has 2 heterocycles. The van der Waals surface area contributed by atoms with Crippen molar-refractivity contribution in [1.82, 2.24) is 14.1 Å². The van der Waals surface area contributed by atoms with Crippen molar-refractivity contribution in [1.29, 1.82) is 0 Å².